The van der Waals surface area contributed by atoms with Gasteiger partial charge in [-0.15, -0.1) is 0 Å². The Balaban J connectivity index is 0.00000111. The number of carbonyl (C=O) groups excluding carboxylic acids is 2. The molecule has 0 radical (unpaired) electrons. The van der Waals surface area contributed by atoms with Gasteiger partial charge >= 0.3 is 0 Å². The number of aromatic nitrogens is 2. The number of carbonyl (C=O) groups is 2. The van der Waals surface area contributed by atoms with E-state index in [-0.39, 0.29) is 18.6 Å². The molecular weight excluding hydrogens is 429 g/mol. The van der Waals surface area contributed by atoms with E-state index in [1.54, 1.807) is 18.5 Å². The minimum Gasteiger partial charge on any atom is -0.309 e. The Hall–Kier alpha value is -2.63. The van der Waals surface area contributed by atoms with Gasteiger partial charge in [-0.25, -0.2) is 9.37 Å². The van der Waals surface area contributed by atoms with E-state index in [2.05, 4.69) is 28.3 Å². The Morgan fingerprint density at radius 1 is 1.26 bits per heavy atom. The number of nitrogens with zero attached hydrogens (tertiary/aromatic N) is 2. The number of Topliss-reactive ketones (excluding diaryl/α,β-unsaturated/α-hetero) is 1. The number of amides is 1. The van der Waals surface area contributed by atoms with Crippen LogP contribution in [-0.2, 0) is 16.0 Å². The summed E-state index contributed by atoms with van der Waals surface area (Å²) in [5.74, 6) is 2.11. The van der Waals surface area contributed by atoms with E-state index in [0.717, 1.165) is 44.1 Å². The van der Waals surface area contributed by atoms with Crippen LogP contribution in [0.15, 0.2) is 36.8 Å². The van der Waals surface area contributed by atoms with Crippen LogP contribution in [-0.4, -0.2) is 21.7 Å². The second-order valence-electron chi connectivity index (χ2n) is 10.0. The van der Waals surface area contributed by atoms with Gasteiger partial charge in [0.15, 0.2) is 5.82 Å². The molecule has 0 spiro atoms. The van der Waals surface area contributed by atoms with E-state index in [1.165, 1.54) is 11.8 Å². The molecule has 1 aromatic heterocycles. The summed E-state index contributed by atoms with van der Waals surface area (Å²) in [6.45, 7) is 6.16. The molecule has 1 aromatic carbocycles. The molecule has 0 aliphatic heterocycles. The van der Waals surface area contributed by atoms with Crippen molar-refractivity contribution in [1.82, 2.24) is 9.97 Å². The molecule has 3 aliphatic carbocycles. The second kappa shape index (κ2) is 10.3. The minimum absolute atomic E-state index is 0. The Kier molecular flexibility index (Phi) is 7.44. The Morgan fingerprint density at radius 3 is 2.85 bits per heavy atom. The van der Waals surface area contributed by atoms with Crippen molar-refractivity contribution >= 4 is 17.5 Å². The third-order valence-corrected chi connectivity index (χ3v) is 8.37. The van der Waals surface area contributed by atoms with Crippen LogP contribution in [0.4, 0.5) is 10.2 Å². The molecule has 1 amide bonds. The normalized spacial score (nSPS) is 29.2. The Bertz CT molecular complexity index is 1030. The van der Waals surface area contributed by atoms with Gasteiger partial charge in [0.1, 0.15) is 11.6 Å². The lowest BCUT2D eigenvalue weighted by molar-refractivity contribution is -0.129. The fourth-order valence-electron chi connectivity index (χ4n) is 6.99. The maximum Gasteiger partial charge on any atom is 0.225 e. The predicted octanol–water partition coefficient (Wildman–Crippen LogP) is 6.35. The van der Waals surface area contributed by atoms with E-state index < -0.39 is 0 Å². The summed E-state index contributed by atoms with van der Waals surface area (Å²) < 4.78 is 14.4. The van der Waals surface area contributed by atoms with Gasteiger partial charge in [-0.05, 0) is 79.4 Å². The zero-order valence-electron chi connectivity index (χ0n) is 20.5. The molecule has 3 aliphatic rings. The molecular formula is C28H38FN3O2. The van der Waals surface area contributed by atoms with Crippen LogP contribution in [0.2, 0.25) is 0 Å². The minimum atomic E-state index is -0.265. The van der Waals surface area contributed by atoms with Crippen molar-refractivity contribution in [2.45, 2.75) is 78.1 Å². The first-order chi connectivity index (χ1) is 16.5. The first-order valence-corrected chi connectivity index (χ1v) is 12.8. The van der Waals surface area contributed by atoms with Gasteiger partial charge in [-0.2, -0.15) is 0 Å². The van der Waals surface area contributed by atoms with Crippen LogP contribution in [0.3, 0.4) is 0 Å². The number of hydrogen-bond donors (Lipinski definition) is 1. The predicted molar refractivity (Wildman–Crippen MR) is 133 cm³/mol. The number of anilines is 1. The highest BCUT2D eigenvalue weighted by Gasteiger charge is 2.58. The summed E-state index contributed by atoms with van der Waals surface area (Å²) in [5, 5.41) is 2.79. The first-order valence-electron chi connectivity index (χ1n) is 12.8. The molecule has 1 heterocycles. The van der Waals surface area contributed by atoms with Gasteiger partial charge in [0, 0.05) is 32.1 Å². The molecule has 6 heteroatoms. The number of ketones is 1. The summed E-state index contributed by atoms with van der Waals surface area (Å²) >= 11 is 0. The molecule has 2 fully saturated rings. The Labute approximate surface area is 203 Å². The van der Waals surface area contributed by atoms with Crippen LogP contribution >= 0.6 is 0 Å². The number of hydrogen-bond acceptors (Lipinski definition) is 4. The molecule has 5 nitrogen and oxygen atoms in total. The standard InChI is InChI=1S/C26H30FN3O2.C2H6.H2/c1-26-11-10-18-17-5-3-6-21(27)19(17)8-9-20(18)25(26)16(14-22(26)31)4-2-7-24(32)30-23-15-28-12-13-29-23;1-2;/h3,5-6,12-13,15-16,18,20,25H,2,4,7-11,14H2,1H3,(H,29,30,32);1-2H3;1H/t16-,18?,20?,25?,26-;;/m1../s1. The molecule has 2 aromatic rings. The van der Waals surface area contributed by atoms with Gasteiger partial charge < -0.3 is 5.32 Å². The smallest absolute Gasteiger partial charge is 0.225 e. The monoisotopic (exact) mass is 467 g/mol. The van der Waals surface area contributed by atoms with Crippen LogP contribution in [0, 0.1) is 29.0 Å². The van der Waals surface area contributed by atoms with Crippen LogP contribution in [0.5, 0.6) is 0 Å². The highest BCUT2D eigenvalue weighted by molar-refractivity contribution is 5.89. The van der Waals surface area contributed by atoms with Crippen molar-refractivity contribution in [3.05, 3.63) is 53.7 Å². The lowest BCUT2D eigenvalue weighted by Gasteiger charge is -2.50. The molecule has 5 rings (SSSR count). The van der Waals surface area contributed by atoms with Crippen LogP contribution < -0.4 is 5.32 Å². The van der Waals surface area contributed by atoms with Gasteiger partial charge in [0.25, 0.3) is 0 Å². The van der Waals surface area contributed by atoms with Crippen LogP contribution in [0.25, 0.3) is 0 Å². The average molecular weight is 468 g/mol. The average Bonchev–Trinajstić information content (AvgIpc) is 3.11. The maximum absolute atomic E-state index is 14.4. The largest absolute Gasteiger partial charge is 0.309 e. The second-order valence-corrected chi connectivity index (χ2v) is 10.0. The highest BCUT2D eigenvalue weighted by Crippen LogP contribution is 2.62. The number of benzene rings is 1. The van der Waals surface area contributed by atoms with Gasteiger partial charge in [0.2, 0.25) is 5.91 Å². The van der Waals surface area contributed by atoms with Crippen LogP contribution in [0.1, 0.15) is 84.2 Å². The number of fused-ring (bicyclic) bond motifs is 5. The number of rotatable bonds is 5. The van der Waals surface area contributed by atoms with Crippen molar-refractivity contribution in [2.24, 2.45) is 23.2 Å². The SMILES string of the molecule is CC.C[C@]12CCC3c4cccc(F)c4CCC3C1[C@H](CCCC(=O)Nc1cnccn1)CC2=O.[HH]. The summed E-state index contributed by atoms with van der Waals surface area (Å²) in [4.78, 5) is 33.5. The topological polar surface area (TPSA) is 72.0 Å². The fraction of sp³-hybridized carbons (Fsp3) is 0.571. The molecule has 184 valence electrons. The van der Waals surface area contributed by atoms with Crippen molar-refractivity contribution in [2.75, 3.05) is 5.32 Å². The third-order valence-electron chi connectivity index (χ3n) is 8.37. The lowest BCUT2D eigenvalue weighted by Crippen LogP contribution is -2.44. The van der Waals surface area contributed by atoms with Gasteiger partial charge in [0.05, 0.1) is 6.20 Å². The Morgan fingerprint density at radius 2 is 2.09 bits per heavy atom. The van der Waals surface area contributed by atoms with E-state index in [0.29, 0.717) is 48.1 Å². The van der Waals surface area contributed by atoms with Crippen molar-refractivity contribution in [1.29, 1.82) is 0 Å². The summed E-state index contributed by atoms with van der Waals surface area (Å²) in [6, 6.07) is 5.50. The fourth-order valence-corrected chi connectivity index (χ4v) is 6.99. The summed E-state index contributed by atoms with van der Waals surface area (Å²) in [7, 11) is 0. The van der Waals surface area contributed by atoms with Crippen molar-refractivity contribution in [3.8, 4) is 0 Å². The molecule has 5 atom stereocenters. The number of halogens is 1. The molecule has 1 N–H and O–H groups in total. The van der Waals surface area contributed by atoms with Gasteiger partial charge in [-0.3, -0.25) is 14.6 Å². The molecule has 2 saturated carbocycles. The van der Waals surface area contributed by atoms with Crippen molar-refractivity contribution < 1.29 is 15.4 Å². The van der Waals surface area contributed by atoms with E-state index in [9.17, 15) is 14.0 Å². The van der Waals surface area contributed by atoms with Gasteiger partial charge in [-0.1, -0.05) is 32.9 Å². The first kappa shape index (κ1) is 24.5. The lowest BCUT2D eigenvalue weighted by atomic mass is 9.54. The molecule has 34 heavy (non-hydrogen) atoms. The zero-order chi connectivity index (χ0) is 24.3. The zero-order valence-corrected chi connectivity index (χ0v) is 20.5. The molecule has 0 bridgehead atoms. The van der Waals surface area contributed by atoms with Crippen molar-refractivity contribution in [3.63, 3.8) is 0 Å². The molecule has 0 saturated heterocycles. The molecule has 3 unspecified atom stereocenters. The van der Waals surface area contributed by atoms with E-state index >= 15 is 0 Å². The summed E-state index contributed by atoms with van der Waals surface area (Å²) in [5.41, 5.74) is 1.79. The quantitative estimate of drug-likeness (QED) is 0.556. The van der Waals surface area contributed by atoms with E-state index in [4.69, 9.17) is 0 Å². The highest BCUT2D eigenvalue weighted by atomic mass is 19.1. The van der Waals surface area contributed by atoms with E-state index in [1.807, 2.05) is 19.9 Å². The number of nitrogens with one attached hydrogen (secondary N) is 1. The third kappa shape index (κ3) is 4.51. The maximum atomic E-state index is 14.4. The summed E-state index contributed by atoms with van der Waals surface area (Å²) in [6.07, 6.45) is 10.9.